The molecule has 1 heterocycles. The lowest BCUT2D eigenvalue weighted by Crippen LogP contribution is -2.23. The van der Waals surface area contributed by atoms with Crippen LogP contribution < -0.4 is 5.32 Å². The van der Waals surface area contributed by atoms with Crippen LogP contribution in [0.2, 0.25) is 0 Å². The van der Waals surface area contributed by atoms with Crippen molar-refractivity contribution in [2.45, 2.75) is 71.1 Å². The lowest BCUT2D eigenvalue weighted by atomic mass is 9.83. The molecule has 0 aromatic carbocycles. The topological polar surface area (TPSA) is 24.9 Å². The molecule has 1 aliphatic carbocycles. The fourth-order valence-corrected chi connectivity index (χ4v) is 3.89. The van der Waals surface area contributed by atoms with Crippen LogP contribution in [0.3, 0.4) is 0 Å². The average Bonchev–Trinajstić information content (AvgIpc) is 2.81. The van der Waals surface area contributed by atoms with Crippen molar-refractivity contribution in [3.8, 4) is 0 Å². The first-order valence-corrected chi connectivity index (χ1v) is 8.39. The zero-order valence-corrected chi connectivity index (χ0v) is 13.6. The molecule has 120 valence electrons. The van der Waals surface area contributed by atoms with Gasteiger partial charge in [0.2, 0.25) is 0 Å². The molecule has 1 N–H and O–H groups in total. The number of halogens is 3. The van der Waals surface area contributed by atoms with Gasteiger partial charge in [-0.25, -0.2) is 4.98 Å². The van der Waals surface area contributed by atoms with Crippen molar-refractivity contribution in [3.63, 3.8) is 0 Å². The maximum Gasteiger partial charge on any atom is 0.434 e. The Hall–Kier alpha value is -0.620. The fourth-order valence-electron chi connectivity index (χ4n) is 2.69. The summed E-state index contributed by atoms with van der Waals surface area (Å²) >= 11 is 1.24. The number of thiazole rings is 1. The van der Waals surface area contributed by atoms with E-state index in [1.54, 1.807) is 0 Å². The standard InChI is InChI=1S/C15H23F3N2S/c1-9(2)19-8-12-13(15(16,17)18)20-14(21-12)11-6-4-10(3)5-7-11/h9-11,19H,4-8H2,1-3H3. The average molecular weight is 320 g/mol. The molecule has 0 atom stereocenters. The fraction of sp³-hybridized carbons (Fsp3) is 0.800. The van der Waals surface area contributed by atoms with Gasteiger partial charge in [-0.1, -0.05) is 33.6 Å². The van der Waals surface area contributed by atoms with E-state index in [0.29, 0.717) is 15.8 Å². The summed E-state index contributed by atoms with van der Waals surface area (Å²) in [5, 5.41) is 3.74. The number of alkyl halides is 3. The van der Waals surface area contributed by atoms with Gasteiger partial charge in [0.15, 0.2) is 5.69 Å². The third-order valence-corrected chi connectivity index (χ3v) is 5.24. The molecule has 1 aliphatic rings. The highest BCUT2D eigenvalue weighted by Gasteiger charge is 2.38. The minimum atomic E-state index is -4.36. The second-order valence-electron chi connectivity index (χ2n) is 6.31. The molecule has 2 rings (SSSR count). The molecule has 0 spiro atoms. The van der Waals surface area contributed by atoms with E-state index in [9.17, 15) is 13.2 Å². The summed E-state index contributed by atoms with van der Waals surface area (Å²) in [5.74, 6) is 0.894. The predicted octanol–water partition coefficient (Wildman–Crippen LogP) is 4.95. The summed E-state index contributed by atoms with van der Waals surface area (Å²) in [5.41, 5.74) is -0.686. The molecule has 1 aromatic rings. The van der Waals surface area contributed by atoms with Crippen LogP contribution in [-0.4, -0.2) is 11.0 Å². The summed E-state index contributed by atoms with van der Waals surface area (Å²) < 4.78 is 39.4. The van der Waals surface area contributed by atoms with Crippen LogP contribution in [0.25, 0.3) is 0 Å². The van der Waals surface area contributed by atoms with Crippen molar-refractivity contribution in [3.05, 3.63) is 15.6 Å². The van der Waals surface area contributed by atoms with Crippen LogP contribution in [0.5, 0.6) is 0 Å². The Morgan fingerprint density at radius 2 is 1.86 bits per heavy atom. The van der Waals surface area contributed by atoms with Crippen LogP contribution in [0.1, 0.15) is 68.0 Å². The van der Waals surface area contributed by atoms with E-state index in [1.807, 2.05) is 13.8 Å². The molecule has 1 saturated carbocycles. The van der Waals surface area contributed by atoms with Gasteiger partial charge in [0.25, 0.3) is 0 Å². The number of hydrogen-bond donors (Lipinski definition) is 1. The molecule has 1 aromatic heterocycles. The van der Waals surface area contributed by atoms with E-state index in [-0.39, 0.29) is 18.5 Å². The summed E-state index contributed by atoms with van der Waals surface area (Å²) in [6, 6.07) is 0.159. The highest BCUT2D eigenvalue weighted by molar-refractivity contribution is 7.11. The van der Waals surface area contributed by atoms with E-state index in [4.69, 9.17) is 0 Å². The van der Waals surface area contributed by atoms with Gasteiger partial charge >= 0.3 is 6.18 Å². The molecule has 0 aliphatic heterocycles. The van der Waals surface area contributed by atoms with Crippen molar-refractivity contribution in [2.24, 2.45) is 5.92 Å². The molecule has 6 heteroatoms. The van der Waals surface area contributed by atoms with Crippen LogP contribution in [0.15, 0.2) is 0 Å². The summed E-state index contributed by atoms with van der Waals surface area (Å²) in [7, 11) is 0. The molecule has 2 nitrogen and oxygen atoms in total. The monoisotopic (exact) mass is 320 g/mol. The van der Waals surface area contributed by atoms with Gasteiger partial charge in [-0.15, -0.1) is 11.3 Å². The normalized spacial score (nSPS) is 23.8. The van der Waals surface area contributed by atoms with Crippen molar-refractivity contribution >= 4 is 11.3 Å². The third kappa shape index (κ3) is 4.42. The third-order valence-electron chi connectivity index (χ3n) is 4.02. The van der Waals surface area contributed by atoms with Gasteiger partial charge in [-0.2, -0.15) is 13.2 Å². The Morgan fingerprint density at radius 1 is 1.24 bits per heavy atom. The zero-order valence-electron chi connectivity index (χ0n) is 12.8. The number of aromatic nitrogens is 1. The number of nitrogens with one attached hydrogen (secondary N) is 1. The van der Waals surface area contributed by atoms with Gasteiger partial charge in [0.1, 0.15) is 0 Å². The Kier molecular flexibility index (Phi) is 5.30. The van der Waals surface area contributed by atoms with Crippen LogP contribution in [-0.2, 0) is 12.7 Å². The van der Waals surface area contributed by atoms with Crippen LogP contribution in [0.4, 0.5) is 13.2 Å². The van der Waals surface area contributed by atoms with Crippen molar-refractivity contribution in [1.29, 1.82) is 0 Å². The first kappa shape index (κ1) is 16.7. The Morgan fingerprint density at radius 3 is 2.38 bits per heavy atom. The van der Waals surface area contributed by atoms with E-state index in [2.05, 4.69) is 17.2 Å². The molecule has 0 unspecified atom stereocenters. The highest BCUT2D eigenvalue weighted by Crippen LogP contribution is 2.41. The van der Waals surface area contributed by atoms with Gasteiger partial charge in [0.05, 0.1) is 9.88 Å². The van der Waals surface area contributed by atoms with Crippen LogP contribution >= 0.6 is 11.3 Å². The van der Waals surface area contributed by atoms with Crippen molar-refractivity contribution < 1.29 is 13.2 Å². The molecular formula is C15H23F3N2S. The van der Waals surface area contributed by atoms with E-state index < -0.39 is 11.9 Å². The molecule has 21 heavy (non-hydrogen) atoms. The summed E-state index contributed by atoms with van der Waals surface area (Å²) in [6.07, 6.45) is -0.257. The van der Waals surface area contributed by atoms with Crippen LogP contribution in [0, 0.1) is 5.92 Å². The number of nitrogens with zero attached hydrogens (tertiary/aromatic N) is 1. The predicted molar refractivity (Wildman–Crippen MR) is 79.5 cm³/mol. The van der Waals surface area contributed by atoms with Crippen molar-refractivity contribution in [2.75, 3.05) is 0 Å². The lowest BCUT2D eigenvalue weighted by molar-refractivity contribution is -0.141. The second kappa shape index (κ2) is 6.65. The SMILES string of the molecule is CC1CCC(c2nc(C(F)(F)F)c(CNC(C)C)s2)CC1. The zero-order chi connectivity index (χ0) is 15.6. The maximum atomic E-state index is 13.1. The largest absolute Gasteiger partial charge is 0.434 e. The summed E-state index contributed by atoms with van der Waals surface area (Å²) in [4.78, 5) is 4.29. The van der Waals surface area contributed by atoms with E-state index >= 15 is 0 Å². The minimum absolute atomic E-state index is 0.159. The number of hydrogen-bond acceptors (Lipinski definition) is 3. The Bertz CT molecular complexity index is 460. The molecule has 0 amide bonds. The molecule has 0 radical (unpaired) electrons. The highest BCUT2D eigenvalue weighted by atomic mass is 32.1. The Labute approximate surface area is 128 Å². The second-order valence-corrected chi connectivity index (χ2v) is 7.43. The molecule has 1 fully saturated rings. The minimum Gasteiger partial charge on any atom is -0.310 e. The molecule has 0 bridgehead atoms. The van der Waals surface area contributed by atoms with E-state index in [1.165, 1.54) is 11.3 Å². The quantitative estimate of drug-likeness (QED) is 0.848. The Balaban J connectivity index is 2.19. The smallest absolute Gasteiger partial charge is 0.310 e. The first-order valence-electron chi connectivity index (χ1n) is 7.57. The number of rotatable bonds is 4. The lowest BCUT2D eigenvalue weighted by Gasteiger charge is -2.24. The maximum absolute atomic E-state index is 13.1. The van der Waals surface area contributed by atoms with Crippen molar-refractivity contribution in [1.82, 2.24) is 10.3 Å². The molecular weight excluding hydrogens is 297 g/mol. The van der Waals surface area contributed by atoms with Gasteiger partial charge in [-0.05, 0) is 18.8 Å². The van der Waals surface area contributed by atoms with Gasteiger partial charge in [-0.3, -0.25) is 0 Å². The van der Waals surface area contributed by atoms with Gasteiger partial charge < -0.3 is 5.32 Å². The molecule has 0 saturated heterocycles. The first-order chi connectivity index (χ1) is 9.77. The summed E-state index contributed by atoms with van der Waals surface area (Å²) in [6.45, 7) is 6.31. The van der Waals surface area contributed by atoms with E-state index in [0.717, 1.165) is 25.7 Å². The van der Waals surface area contributed by atoms with Gasteiger partial charge in [0, 0.05) is 18.5 Å².